The van der Waals surface area contributed by atoms with Gasteiger partial charge in [0.25, 0.3) is 0 Å². The molecule has 0 fully saturated rings. The first-order valence-corrected chi connectivity index (χ1v) is 9.08. The standard InChI is InChI=1S/C22H18N4O4/c1-12-18-19(13-6-8-16(29-2)9-7-13)17(11-23)20(24)30-21(18)26(25-12)15-5-3-4-14(10-15)22(27)28/h3-10,19,23-24H,1-2H3,(H,27,28)/t19-/m0/s1. The van der Waals surface area contributed by atoms with Gasteiger partial charge in [-0.3, -0.25) is 10.8 Å². The van der Waals surface area contributed by atoms with E-state index in [0.29, 0.717) is 28.6 Å². The zero-order valence-corrected chi connectivity index (χ0v) is 16.3. The van der Waals surface area contributed by atoms with E-state index in [-0.39, 0.29) is 17.0 Å². The number of aryl methyl sites for hydroxylation is 1. The average Bonchev–Trinajstić information content (AvgIpc) is 3.08. The smallest absolute Gasteiger partial charge is 0.335 e. The first kappa shape index (κ1) is 19.2. The maximum Gasteiger partial charge on any atom is 0.335 e. The molecular formula is C22H18N4O4. The van der Waals surface area contributed by atoms with Gasteiger partial charge in [0.05, 0.1) is 41.1 Å². The first-order chi connectivity index (χ1) is 14.4. The fourth-order valence-corrected chi connectivity index (χ4v) is 3.58. The lowest BCUT2D eigenvalue weighted by atomic mass is 9.83. The van der Waals surface area contributed by atoms with Crippen molar-refractivity contribution in [3.8, 4) is 17.3 Å². The van der Waals surface area contributed by atoms with Crippen LogP contribution in [-0.2, 0) is 0 Å². The molecule has 0 saturated heterocycles. The van der Waals surface area contributed by atoms with E-state index >= 15 is 0 Å². The van der Waals surface area contributed by atoms with Crippen molar-refractivity contribution in [1.82, 2.24) is 9.78 Å². The van der Waals surface area contributed by atoms with Gasteiger partial charge in [0.15, 0.2) is 0 Å². The van der Waals surface area contributed by atoms with Crippen LogP contribution in [-0.4, -0.2) is 39.7 Å². The van der Waals surface area contributed by atoms with Crippen molar-refractivity contribution in [3.05, 3.63) is 76.5 Å². The highest BCUT2D eigenvalue weighted by Gasteiger charge is 2.37. The van der Waals surface area contributed by atoms with Gasteiger partial charge in [-0.2, -0.15) is 5.10 Å². The van der Waals surface area contributed by atoms with Crippen molar-refractivity contribution in [2.24, 2.45) is 0 Å². The molecule has 3 N–H and O–H groups in total. The quantitative estimate of drug-likeness (QED) is 0.576. The largest absolute Gasteiger partial charge is 0.497 e. The van der Waals surface area contributed by atoms with E-state index in [0.717, 1.165) is 5.56 Å². The highest BCUT2D eigenvalue weighted by Crippen LogP contribution is 2.44. The molecule has 1 atom stereocenters. The molecule has 4 rings (SSSR count). The molecule has 1 aliphatic heterocycles. The number of nitrogens with one attached hydrogen (secondary N) is 2. The van der Waals surface area contributed by atoms with Crippen molar-refractivity contribution in [3.63, 3.8) is 0 Å². The molecule has 0 radical (unpaired) electrons. The Labute approximate surface area is 172 Å². The normalized spacial score (nSPS) is 15.2. The second-order valence-corrected chi connectivity index (χ2v) is 6.75. The van der Waals surface area contributed by atoms with Gasteiger partial charge in [0, 0.05) is 0 Å². The van der Waals surface area contributed by atoms with Crippen molar-refractivity contribution >= 4 is 17.7 Å². The predicted molar refractivity (Wildman–Crippen MR) is 110 cm³/mol. The number of nitrogens with zero attached hydrogens (tertiary/aromatic N) is 2. The number of carboxylic acids is 1. The van der Waals surface area contributed by atoms with Crippen molar-refractivity contribution in [2.45, 2.75) is 12.8 Å². The minimum atomic E-state index is -1.05. The molecule has 0 spiro atoms. The molecule has 3 aromatic rings. The zero-order chi connectivity index (χ0) is 21.4. The number of ether oxygens (including phenoxy) is 2. The van der Waals surface area contributed by atoms with Gasteiger partial charge in [-0.25, -0.2) is 9.48 Å². The highest BCUT2D eigenvalue weighted by atomic mass is 16.5. The Morgan fingerprint density at radius 2 is 2.00 bits per heavy atom. The topological polar surface area (TPSA) is 121 Å². The van der Waals surface area contributed by atoms with Gasteiger partial charge in [-0.05, 0) is 48.7 Å². The lowest BCUT2D eigenvalue weighted by Crippen LogP contribution is -2.25. The SMILES string of the molecule is COc1ccc([C@H]2C(=C=N)C(=N)Oc3c2c(C)nn3-c2cccc(C(=O)O)c2)cc1. The minimum absolute atomic E-state index is 0.118. The average molecular weight is 402 g/mol. The highest BCUT2D eigenvalue weighted by molar-refractivity contribution is 6.04. The molecule has 2 aromatic carbocycles. The fraction of sp³-hybridized carbons (Fsp3) is 0.136. The summed E-state index contributed by atoms with van der Waals surface area (Å²) < 4.78 is 12.4. The van der Waals surface area contributed by atoms with E-state index in [1.54, 1.807) is 19.2 Å². The lowest BCUT2D eigenvalue weighted by Gasteiger charge is -2.26. The minimum Gasteiger partial charge on any atom is -0.497 e. The molecule has 0 amide bonds. The van der Waals surface area contributed by atoms with Gasteiger partial charge in [0.1, 0.15) is 5.75 Å². The number of hydrogen-bond acceptors (Lipinski definition) is 6. The van der Waals surface area contributed by atoms with Crippen LogP contribution in [0.4, 0.5) is 0 Å². The molecule has 8 heteroatoms. The third-order valence-electron chi connectivity index (χ3n) is 5.00. The Hall–Kier alpha value is -4.16. The van der Waals surface area contributed by atoms with Crippen LogP contribution in [0.3, 0.4) is 0 Å². The van der Waals surface area contributed by atoms with Gasteiger partial charge >= 0.3 is 5.97 Å². The second-order valence-electron chi connectivity index (χ2n) is 6.75. The fourth-order valence-electron chi connectivity index (χ4n) is 3.58. The number of benzene rings is 2. The number of aromatic carboxylic acids is 1. The summed E-state index contributed by atoms with van der Waals surface area (Å²) in [6.45, 7) is 1.81. The van der Waals surface area contributed by atoms with Crippen molar-refractivity contribution < 1.29 is 19.4 Å². The van der Waals surface area contributed by atoms with Gasteiger partial charge < -0.3 is 14.6 Å². The van der Waals surface area contributed by atoms with E-state index in [4.69, 9.17) is 20.3 Å². The van der Waals surface area contributed by atoms with Gasteiger partial charge in [0.2, 0.25) is 11.8 Å². The summed E-state index contributed by atoms with van der Waals surface area (Å²) in [5.41, 5.74) is 3.09. The van der Waals surface area contributed by atoms with Crippen molar-refractivity contribution in [2.75, 3.05) is 7.11 Å². The van der Waals surface area contributed by atoms with Gasteiger partial charge in [-0.1, -0.05) is 18.2 Å². The third-order valence-corrected chi connectivity index (χ3v) is 5.00. The Morgan fingerprint density at radius 1 is 1.27 bits per heavy atom. The van der Waals surface area contributed by atoms with Crippen molar-refractivity contribution in [1.29, 1.82) is 10.8 Å². The summed E-state index contributed by atoms with van der Waals surface area (Å²) in [6, 6.07) is 13.7. The molecule has 1 aromatic heterocycles. The number of rotatable bonds is 4. The van der Waals surface area contributed by atoms with Gasteiger partial charge in [-0.15, -0.1) is 0 Å². The van der Waals surface area contributed by atoms with Crippen LogP contribution < -0.4 is 9.47 Å². The first-order valence-electron chi connectivity index (χ1n) is 9.08. The number of carboxylic acid groups (broad SMARTS) is 1. The number of carbonyl (C=O) groups is 1. The maximum absolute atomic E-state index is 11.4. The third kappa shape index (κ3) is 3.05. The van der Waals surface area contributed by atoms with E-state index in [1.807, 2.05) is 31.2 Å². The molecule has 2 heterocycles. The van der Waals surface area contributed by atoms with Crippen LogP contribution in [0, 0.1) is 17.7 Å². The maximum atomic E-state index is 11.4. The molecule has 1 aliphatic rings. The van der Waals surface area contributed by atoms with Crippen LogP contribution in [0.2, 0.25) is 0 Å². The van der Waals surface area contributed by atoms with E-state index in [1.165, 1.54) is 16.8 Å². The second kappa shape index (κ2) is 7.35. The summed E-state index contributed by atoms with van der Waals surface area (Å²) in [6.07, 6.45) is 0. The molecule has 150 valence electrons. The molecule has 0 aliphatic carbocycles. The van der Waals surface area contributed by atoms with E-state index in [2.05, 4.69) is 11.0 Å². The monoisotopic (exact) mass is 402 g/mol. The molecule has 30 heavy (non-hydrogen) atoms. The molecule has 0 unspecified atom stereocenters. The van der Waals surface area contributed by atoms with Crippen LogP contribution in [0.1, 0.15) is 33.1 Å². The van der Waals surface area contributed by atoms with E-state index in [9.17, 15) is 9.90 Å². The number of hydrogen-bond donors (Lipinski definition) is 3. The molecule has 8 nitrogen and oxygen atoms in total. The Kier molecular flexibility index (Phi) is 4.69. The van der Waals surface area contributed by atoms with E-state index < -0.39 is 11.9 Å². The number of fused-ring (bicyclic) bond motifs is 1. The van der Waals surface area contributed by atoms with Crippen LogP contribution in [0.15, 0.2) is 54.1 Å². The number of aromatic nitrogens is 2. The van der Waals surface area contributed by atoms with Crippen LogP contribution in [0.5, 0.6) is 11.6 Å². The van der Waals surface area contributed by atoms with Crippen LogP contribution in [0.25, 0.3) is 5.69 Å². The zero-order valence-electron chi connectivity index (χ0n) is 16.3. The Bertz CT molecular complexity index is 1220. The summed E-state index contributed by atoms with van der Waals surface area (Å²) in [7, 11) is 1.58. The Morgan fingerprint density at radius 3 is 2.63 bits per heavy atom. The molecule has 0 saturated carbocycles. The predicted octanol–water partition coefficient (Wildman–Crippen LogP) is 3.56. The summed E-state index contributed by atoms with van der Waals surface area (Å²) in [4.78, 5) is 11.4. The lowest BCUT2D eigenvalue weighted by molar-refractivity contribution is 0.0697. The molecular weight excluding hydrogens is 384 g/mol. The number of methoxy groups -OCH3 is 1. The summed E-state index contributed by atoms with van der Waals surface area (Å²) >= 11 is 0. The Balaban J connectivity index is 1.92. The molecule has 0 bridgehead atoms. The van der Waals surface area contributed by atoms with Crippen LogP contribution >= 0.6 is 0 Å². The summed E-state index contributed by atoms with van der Waals surface area (Å²) in [5.74, 6) is 1.64. The summed E-state index contributed by atoms with van der Waals surface area (Å²) in [5, 5.41) is 29.9.